The van der Waals surface area contributed by atoms with Crippen molar-refractivity contribution < 1.29 is 10.2 Å². The van der Waals surface area contributed by atoms with Crippen molar-refractivity contribution in [2.75, 3.05) is 11.9 Å². The van der Waals surface area contributed by atoms with Crippen molar-refractivity contribution in [3.8, 4) is 22.5 Å². The lowest BCUT2D eigenvalue weighted by Gasteiger charge is -2.11. The van der Waals surface area contributed by atoms with Crippen LogP contribution < -0.4 is 16.1 Å². The molecule has 2 aromatic heterocycles. The second kappa shape index (κ2) is 8.57. The van der Waals surface area contributed by atoms with Gasteiger partial charge in [0.05, 0.1) is 29.4 Å². The van der Waals surface area contributed by atoms with E-state index in [0.717, 1.165) is 46.6 Å². The van der Waals surface area contributed by atoms with Gasteiger partial charge in [-0.1, -0.05) is 47.6 Å². The summed E-state index contributed by atoms with van der Waals surface area (Å²) in [4.78, 5) is 21.9. The number of nitrogens with one attached hydrogen (secondary N) is 2. The monoisotopic (exact) mass is 450 g/mol. The molecule has 8 nitrogen and oxygen atoms in total. The Kier molecular flexibility index (Phi) is 5.12. The maximum absolute atomic E-state index is 12.4. The number of fused-ring (bicyclic) bond motifs is 1. The average Bonchev–Trinajstić information content (AvgIpc) is 3.35. The van der Waals surface area contributed by atoms with Crippen LogP contribution in [0.5, 0.6) is 0 Å². The Morgan fingerprint density at radius 2 is 1.88 bits per heavy atom. The predicted molar refractivity (Wildman–Crippen MR) is 131 cm³/mol. The summed E-state index contributed by atoms with van der Waals surface area (Å²) in [6.07, 6.45) is 9.81. The highest BCUT2D eigenvalue weighted by atomic mass is 16.1. The van der Waals surface area contributed by atoms with Crippen LogP contribution in [0.2, 0.25) is 0 Å². The molecule has 168 valence electrons. The number of quaternary nitrogens is 1. The molecule has 1 aliphatic heterocycles. The van der Waals surface area contributed by atoms with Crippen molar-refractivity contribution in [1.82, 2.24) is 19.7 Å². The van der Waals surface area contributed by atoms with Crippen LogP contribution in [0.15, 0.2) is 83.9 Å². The summed E-state index contributed by atoms with van der Waals surface area (Å²) in [5, 5.41) is 10.6. The summed E-state index contributed by atoms with van der Waals surface area (Å²) in [5.41, 5.74) is 8.05. The maximum atomic E-state index is 12.4. The number of benzene rings is 2. The molecule has 4 N–H and O–H groups in total. The first-order valence-corrected chi connectivity index (χ1v) is 11.4. The molecule has 0 radical (unpaired) electrons. The number of hydrogen-bond donors (Lipinski definition) is 3. The molecule has 1 saturated carbocycles. The average molecular weight is 451 g/mol. The van der Waals surface area contributed by atoms with E-state index in [1.807, 2.05) is 79.4 Å². The van der Waals surface area contributed by atoms with Gasteiger partial charge >= 0.3 is 0 Å². The van der Waals surface area contributed by atoms with E-state index in [4.69, 9.17) is 4.98 Å². The molecule has 1 aliphatic carbocycles. The highest BCUT2D eigenvalue weighted by Crippen LogP contribution is 2.28. The lowest BCUT2D eigenvalue weighted by atomic mass is 10.1. The summed E-state index contributed by atoms with van der Waals surface area (Å²) in [6, 6.07) is 18.1. The third-order valence-electron chi connectivity index (χ3n) is 5.99. The van der Waals surface area contributed by atoms with E-state index in [0.29, 0.717) is 24.0 Å². The molecule has 4 aromatic rings. The largest absolute Gasteiger partial charge is 0.363 e. The van der Waals surface area contributed by atoms with Crippen LogP contribution in [-0.2, 0) is 0 Å². The van der Waals surface area contributed by atoms with Crippen molar-refractivity contribution in [2.24, 2.45) is 5.10 Å². The Bertz CT molecular complexity index is 1420. The zero-order valence-electron chi connectivity index (χ0n) is 18.5. The summed E-state index contributed by atoms with van der Waals surface area (Å²) in [7, 11) is 0. The molecule has 0 bridgehead atoms. The molecule has 0 saturated heterocycles. The number of imidazole rings is 1. The molecule has 1 amide bonds. The van der Waals surface area contributed by atoms with Crippen LogP contribution in [0, 0.1) is 0 Å². The van der Waals surface area contributed by atoms with Crippen molar-refractivity contribution in [2.45, 2.75) is 18.9 Å². The van der Waals surface area contributed by atoms with Gasteiger partial charge < -0.3 is 10.6 Å². The molecule has 6 rings (SSSR count). The van der Waals surface area contributed by atoms with E-state index in [9.17, 15) is 4.79 Å². The number of carbonyl (C=O) groups excluding carboxylic acids is 1. The minimum Gasteiger partial charge on any atom is -0.363 e. The second-order valence-corrected chi connectivity index (χ2v) is 8.53. The standard InChI is InChI=1S/C26H23N7O/c34-26(31-21-10-11-21)20-8-6-19(7-9-20)23-15-28-25-24(27-12-17-13-29-30-14-17)32-22(16-33(23)25)18-4-2-1-3-5-18/h1-9,13-16,21H,10-12H2,(H,27,32)(H,29,30)(H,31,34)/p+1. The molecule has 0 atom stereocenters. The van der Waals surface area contributed by atoms with Gasteiger partial charge in [0, 0.05) is 35.5 Å². The smallest absolute Gasteiger partial charge is 0.251 e. The van der Waals surface area contributed by atoms with E-state index in [1.54, 1.807) is 5.43 Å². The van der Waals surface area contributed by atoms with Crippen LogP contribution >= 0.6 is 0 Å². The maximum Gasteiger partial charge on any atom is 0.251 e. The second-order valence-electron chi connectivity index (χ2n) is 8.53. The molecule has 34 heavy (non-hydrogen) atoms. The van der Waals surface area contributed by atoms with Gasteiger partial charge in [0.15, 0.2) is 11.5 Å². The number of rotatable bonds is 7. The van der Waals surface area contributed by atoms with Gasteiger partial charge in [-0.25, -0.2) is 9.97 Å². The third-order valence-corrected chi connectivity index (χ3v) is 5.99. The predicted octanol–water partition coefficient (Wildman–Crippen LogP) is 2.81. The van der Waals surface area contributed by atoms with E-state index in [2.05, 4.69) is 25.1 Å². The van der Waals surface area contributed by atoms with Crippen molar-refractivity contribution in [3.63, 3.8) is 0 Å². The van der Waals surface area contributed by atoms with Gasteiger partial charge in [-0.3, -0.25) is 9.20 Å². The van der Waals surface area contributed by atoms with Crippen LogP contribution in [0.4, 0.5) is 5.82 Å². The van der Waals surface area contributed by atoms with Gasteiger partial charge in [-0.05, 0) is 25.0 Å². The number of aromatic nitrogens is 3. The van der Waals surface area contributed by atoms with E-state index in [1.165, 1.54) is 0 Å². The topological polar surface area (TPSA) is 100 Å². The molecule has 0 spiro atoms. The summed E-state index contributed by atoms with van der Waals surface area (Å²) < 4.78 is 2.06. The molecule has 3 heterocycles. The Morgan fingerprint density at radius 3 is 2.62 bits per heavy atom. The first-order chi connectivity index (χ1) is 16.7. The third kappa shape index (κ3) is 4.06. The van der Waals surface area contributed by atoms with Crippen molar-refractivity contribution in [3.05, 3.63) is 84.3 Å². The number of nitrogens with zero attached hydrogens (tertiary/aromatic N) is 4. The van der Waals surface area contributed by atoms with Crippen molar-refractivity contribution in [1.29, 1.82) is 0 Å². The van der Waals surface area contributed by atoms with Crippen LogP contribution in [0.1, 0.15) is 23.2 Å². The van der Waals surface area contributed by atoms with Crippen molar-refractivity contribution >= 4 is 23.6 Å². The highest BCUT2D eigenvalue weighted by molar-refractivity contribution is 5.95. The van der Waals surface area contributed by atoms with Gasteiger partial charge in [0.1, 0.15) is 6.20 Å². The first-order valence-electron chi connectivity index (χ1n) is 11.4. The number of anilines is 1. The SMILES string of the molecule is O=C(NC1CC1)c1ccc(-c2cnc3c(NCC4=C[NH2+]N=C4)nc(-c4ccccc4)cn23)cc1. The van der Waals surface area contributed by atoms with Gasteiger partial charge in [0.25, 0.3) is 5.91 Å². The zero-order valence-corrected chi connectivity index (χ0v) is 18.5. The fourth-order valence-corrected chi connectivity index (χ4v) is 3.97. The van der Waals surface area contributed by atoms with Crippen LogP contribution in [0.3, 0.4) is 0 Å². The van der Waals surface area contributed by atoms with E-state index in [-0.39, 0.29) is 5.91 Å². The number of nitrogens with two attached hydrogens (primary N) is 1. The molecular formula is C26H24N7O+. The lowest BCUT2D eigenvalue weighted by molar-refractivity contribution is -0.590. The van der Waals surface area contributed by atoms with Gasteiger partial charge in [-0.15, -0.1) is 0 Å². The molecule has 8 heteroatoms. The quantitative estimate of drug-likeness (QED) is 0.377. The fourth-order valence-electron chi connectivity index (χ4n) is 3.97. The zero-order chi connectivity index (χ0) is 22.9. The van der Waals surface area contributed by atoms with E-state index < -0.39 is 0 Å². The van der Waals surface area contributed by atoms with Crippen LogP contribution in [0.25, 0.3) is 28.2 Å². The first kappa shape index (κ1) is 20.3. The van der Waals surface area contributed by atoms with Gasteiger partial charge in [-0.2, -0.15) is 5.43 Å². The highest BCUT2D eigenvalue weighted by Gasteiger charge is 2.23. The Hall–Kier alpha value is -4.30. The normalized spacial score (nSPS) is 14.9. The van der Waals surface area contributed by atoms with E-state index >= 15 is 0 Å². The number of hydrogen-bond acceptors (Lipinski definition) is 5. The number of amides is 1. The Balaban J connectivity index is 1.38. The summed E-state index contributed by atoms with van der Waals surface area (Å²) >= 11 is 0. The molecule has 1 fully saturated rings. The van der Waals surface area contributed by atoms with Crippen LogP contribution in [-0.4, -0.2) is 39.1 Å². The molecule has 2 aliphatic rings. The molecule has 2 aromatic carbocycles. The van der Waals surface area contributed by atoms with Gasteiger partial charge in [0.2, 0.25) is 0 Å². The minimum atomic E-state index is -0.0174. The molecular weight excluding hydrogens is 426 g/mol. The Morgan fingerprint density at radius 1 is 1.06 bits per heavy atom. The number of carbonyl (C=O) groups is 1. The fraction of sp³-hybridized carbons (Fsp3) is 0.154. The summed E-state index contributed by atoms with van der Waals surface area (Å²) in [6.45, 7) is 0.605. The Labute approximate surface area is 196 Å². The molecule has 0 unspecified atom stereocenters. The minimum absolute atomic E-state index is 0.0174. The lowest BCUT2D eigenvalue weighted by Crippen LogP contribution is -2.69. The summed E-state index contributed by atoms with van der Waals surface area (Å²) in [5.74, 6) is 0.686.